The Kier molecular flexibility index (Phi) is 2.80. The molecule has 1 heterocycles. The van der Waals surface area contributed by atoms with E-state index in [0.717, 1.165) is 17.1 Å². The minimum atomic E-state index is -0.0110. The van der Waals surface area contributed by atoms with Gasteiger partial charge in [0.1, 0.15) is 5.75 Å². The van der Waals surface area contributed by atoms with E-state index in [1.165, 1.54) is 18.5 Å². The monoisotopic (exact) mass is 244 g/mol. The van der Waals surface area contributed by atoms with Crippen molar-refractivity contribution in [1.82, 2.24) is 9.78 Å². The van der Waals surface area contributed by atoms with E-state index in [1.54, 1.807) is 7.11 Å². The quantitative estimate of drug-likeness (QED) is 0.897. The van der Waals surface area contributed by atoms with Crippen molar-refractivity contribution in [1.29, 1.82) is 0 Å². The van der Waals surface area contributed by atoms with Crippen LogP contribution in [0.15, 0.2) is 30.3 Å². The van der Waals surface area contributed by atoms with Gasteiger partial charge >= 0.3 is 0 Å². The Balaban J connectivity index is 2.00. The molecule has 0 bridgehead atoms. The lowest BCUT2D eigenvalue weighted by Crippen LogP contribution is -2.01. The zero-order chi connectivity index (χ0) is 12.5. The van der Waals surface area contributed by atoms with Crippen molar-refractivity contribution in [2.75, 3.05) is 7.11 Å². The van der Waals surface area contributed by atoms with Crippen molar-refractivity contribution in [3.63, 3.8) is 0 Å². The number of hydrogen-bond donors (Lipinski definition) is 1. The molecule has 1 N–H and O–H groups in total. The molecule has 4 nitrogen and oxygen atoms in total. The summed E-state index contributed by atoms with van der Waals surface area (Å²) in [5, 5.41) is 13.7. The van der Waals surface area contributed by atoms with Crippen LogP contribution in [0.3, 0.4) is 0 Å². The number of aromatic nitrogens is 2. The van der Waals surface area contributed by atoms with Crippen LogP contribution in [0.2, 0.25) is 0 Å². The molecule has 4 heteroatoms. The molecule has 1 aliphatic rings. The van der Waals surface area contributed by atoms with E-state index in [1.807, 2.05) is 35.0 Å². The molecule has 0 radical (unpaired) electrons. The molecule has 1 saturated carbocycles. The summed E-state index contributed by atoms with van der Waals surface area (Å²) in [7, 11) is 1.66. The molecule has 3 rings (SSSR count). The van der Waals surface area contributed by atoms with Gasteiger partial charge in [0.25, 0.3) is 0 Å². The number of aliphatic hydroxyl groups excluding tert-OH is 1. The van der Waals surface area contributed by atoms with Crippen LogP contribution >= 0.6 is 0 Å². The van der Waals surface area contributed by atoms with Crippen LogP contribution in [0.4, 0.5) is 0 Å². The van der Waals surface area contributed by atoms with E-state index in [-0.39, 0.29) is 6.61 Å². The third-order valence-corrected chi connectivity index (χ3v) is 3.26. The second kappa shape index (κ2) is 4.46. The fourth-order valence-electron chi connectivity index (χ4n) is 2.12. The molecular weight excluding hydrogens is 228 g/mol. The van der Waals surface area contributed by atoms with Crippen molar-refractivity contribution in [2.45, 2.75) is 25.4 Å². The maximum absolute atomic E-state index is 9.21. The predicted octanol–water partition coefficient (Wildman–Crippen LogP) is 2.25. The van der Waals surface area contributed by atoms with Gasteiger partial charge in [-0.15, -0.1) is 0 Å². The molecule has 2 aromatic rings. The highest BCUT2D eigenvalue weighted by atomic mass is 16.5. The number of methoxy groups -OCH3 is 1. The SMILES string of the molecule is COc1ccc(-n2nc(CO)cc2C2CC2)cc1. The number of aliphatic hydroxyl groups is 1. The average Bonchev–Trinajstić information content (AvgIpc) is 3.18. The van der Waals surface area contributed by atoms with Crippen LogP contribution in [0.25, 0.3) is 5.69 Å². The molecule has 0 unspecified atom stereocenters. The lowest BCUT2D eigenvalue weighted by molar-refractivity contribution is 0.276. The molecule has 0 aliphatic heterocycles. The molecule has 1 aliphatic carbocycles. The van der Waals surface area contributed by atoms with Gasteiger partial charge in [0, 0.05) is 11.6 Å². The molecular formula is C14H16N2O2. The first-order valence-electron chi connectivity index (χ1n) is 6.16. The van der Waals surface area contributed by atoms with Gasteiger partial charge in [0.2, 0.25) is 0 Å². The van der Waals surface area contributed by atoms with Gasteiger partial charge in [0.05, 0.1) is 25.1 Å². The Morgan fingerprint density at radius 2 is 2.06 bits per heavy atom. The van der Waals surface area contributed by atoms with Crippen molar-refractivity contribution >= 4 is 0 Å². The van der Waals surface area contributed by atoms with Crippen LogP contribution in [0.1, 0.15) is 30.1 Å². The number of ether oxygens (including phenoxy) is 1. The Bertz CT molecular complexity index is 541. The molecule has 1 fully saturated rings. The summed E-state index contributed by atoms with van der Waals surface area (Å²) in [5.41, 5.74) is 2.94. The minimum absolute atomic E-state index is 0.0110. The lowest BCUT2D eigenvalue weighted by Gasteiger charge is -2.07. The second-order valence-corrected chi connectivity index (χ2v) is 4.60. The predicted molar refractivity (Wildman–Crippen MR) is 68.0 cm³/mol. The maximum Gasteiger partial charge on any atom is 0.119 e. The van der Waals surface area contributed by atoms with E-state index in [2.05, 4.69) is 5.10 Å². The summed E-state index contributed by atoms with van der Waals surface area (Å²) < 4.78 is 7.08. The summed E-state index contributed by atoms with van der Waals surface area (Å²) >= 11 is 0. The first kappa shape index (κ1) is 11.3. The van der Waals surface area contributed by atoms with Crippen LogP contribution in [-0.4, -0.2) is 22.0 Å². The van der Waals surface area contributed by atoms with E-state index < -0.39 is 0 Å². The van der Waals surface area contributed by atoms with Crippen LogP contribution in [0.5, 0.6) is 5.75 Å². The average molecular weight is 244 g/mol. The van der Waals surface area contributed by atoms with Crippen molar-refractivity contribution < 1.29 is 9.84 Å². The zero-order valence-electron chi connectivity index (χ0n) is 10.3. The molecule has 1 aromatic carbocycles. The standard InChI is InChI=1S/C14H16N2O2/c1-18-13-6-4-12(5-7-13)16-14(10-2-3-10)8-11(9-17)15-16/h4-8,10,17H,2-3,9H2,1H3. The van der Waals surface area contributed by atoms with Gasteiger partial charge in [-0.25, -0.2) is 4.68 Å². The van der Waals surface area contributed by atoms with Gasteiger partial charge in [-0.2, -0.15) is 5.10 Å². The number of hydrogen-bond acceptors (Lipinski definition) is 3. The van der Waals surface area contributed by atoms with Crippen LogP contribution < -0.4 is 4.74 Å². The molecule has 18 heavy (non-hydrogen) atoms. The van der Waals surface area contributed by atoms with Crippen molar-refractivity contribution in [3.8, 4) is 11.4 Å². The fourth-order valence-corrected chi connectivity index (χ4v) is 2.12. The Labute approximate surface area is 106 Å². The smallest absolute Gasteiger partial charge is 0.119 e. The summed E-state index contributed by atoms with van der Waals surface area (Å²) in [4.78, 5) is 0. The first-order valence-corrected chi connectivity index (χ1v) is 6.16. The maximum atomic E-state index is 9.21. The molecule has 94 valence electrons. The van der Waals surface area contributed by atoms with Gasteiger partial charge < -0.3 is 9.84 Å². The summed E-state index contributed by atoms with van der Waals surface area (Å²) in [5.74, 6) is 1.43. The van der Waals surface area contributed by atoms with E-state index in [0.29, 0.717) is 5.92 Å². The highest BCUT2D eigenvalue weighted by Crippen LogP contribution is 2.41. The number of nitrogens with zero attached hydrogens (tertiary/aromatic N) is 2. The number of rotatable bonds is 4. The molecule has 0 saturated heterocycles. The Morgan fingerprint density at radius 3 is 2.61 bits per heavy atom. The van der Waals surface area contributed by atoms with Crippen LogP contribution in [-0.2, 0) is 6.61 Å². The summed E-state index contributed by atoms with van der Waals surface area (Å²) in [6, 6.07) is 9.82. The second-order valence-electron chi connectivity index (χ2n) is 4.60. The normalized spacial score (nSPS) is 14.8. The van der Waals surface area contributed by atoms with Gasteiger partial charge in [-0.1, -0.05) is 0 Å². The van der Waals surface area contributed by atoms with Gasteiger partial charge in [-0.3, -0.25) is 0 Å². The number of benzene rings is 1. The fraction of sp³-hybridized carbons (Fsp3) is 0.357. The highest BCUT2D eigenvalue weighted by Gasteiger charge is 2.28. The summed E-state index contributed by atoms with van der Waals surface area (Å²) in [6.45, 7) is -0.0110. The highest BCUT2D eigenvalue weighted by molar-refractivity contribution is 5.39. The first-order chi connectivity index (χ1) is 8.81. The molecule has 0 spiro atoms. The Hall–Kier alpha value is -1.81. The molecule has 0 amide bonds. The largest absolute Gasteiger partial charge is 0.497 e. The lowest BCUT2D eigenvalue weighted by atomic mass is 10.2. The van der Waals surface area contributed by atoms with Crippen LogP contribution in [0, 0.1) is 0 Å². The van der Waals surface area contributed by atoms with E-state index in [9.17, 15) is 5.11 Å². The Morgan fingerprint density at radius 1 is 1.33 bits per heavy atom. The van der Waals surface area contributed by atoms with Crippen molar-refractivity contribution in [2.24, 2.45) is 0 Å². The molecule has 1 aromatic heterocycles. The third-order valence-electron chi connectivity index (χ3n) is 3.26. The summed E-state index contributed by atoms with van der Waals surface area (Å²) in [6.07, 6.45) is 2.43. The zero-order valence-corrected chi connectivity index (χ0v) is 10.3. The van der Waals surface area contributed by atoms with E-state index >= 15 is 0 Å². The van der Waals surface area contributed by atoms with Gasteiger partial charge in [-0.05, 0) is 43.2 Å². The minimum Gasteiger partial charge on any atom is -0.497 e. The van der Waals surface area contributed by atoms with E-state index in [4.69, 9.17) is 4.74 Å². The van der Waals surface area contributed by atoms with Gasteiger partial charge in [0.15, 0.2) is 0 Å². The third kappa shape index (κ3) is 1.99. The van der Waals surface area contributed by atoms with Crippen molar-refractivity contribution in [3.05, 3.63) is 41.7 Å². The topological polar surface area (TPSA) is 47.3 Å². The molecule has 0 atom stereocenters.